The lowest BCUT2D eigenvalue weighted by Gasteiger charge is -2.36. The van der Waals surface area contributed by atoms with Gasteiger partial charge in [-0.15, -0.1) is 10.2 Å². The third-order valence-electron chi connectivity index (χ3n) is 5.08. The van der Waals surface area contributed by atoms with Crippen LogP contribution in [-0.4, -0.2) is 55.8 Å². The zero-order chi connectivity index (χ0) is 16.5. The molecule has 0 saturated carbocycles. The molecule has 7 nitrogen and oxygen atoms in total. The molecule has 0 atom stereocenters. The van der Waals surface area contributed by atoms with Crippen molar-refractivity contribution >= 4 is 21.9 Å². The lowest BCUT2D eigenvalue weighted by molar-refractivity contribution is 0.196. The number of piperidine rings is 1. The fourth-order valence-corrected chi connectivity index (χ4v) is 3.85. The van der Waals surface area contributed by atoms with Crippen LogP contribution in [-0.2, 0) is 19.5 Å². The molecule has 1 saturated heterocycles. The van der Waals surface area contributed by atoms with E-state index in [1.165, 1.54) is 6.42 Å². The van der Waals surface area contributed by atoms with E-state index in [0.717, 1.165) is 67.5 Å². The van der Waals surface area contributed by atoms with Crippen molar-refractivity contribution in [2.45, 2.75) is 44.8 Å². The summed E-state index contributed by atoms with van der Waals surface area (Å²) in [6.07, 6.45) is 8.14. The molecule has 0 amide bonds. The normalized spacial score (nSPS) is 18.8. The Kier molecular flexibility index (Phi) is 4.49. The SMILES string of the molecule is CN(c1ncc(Br)cn1)C1CCN(Cc2nnc3n2CCC3)CC1. The summed E-state index contributed by atoms with van der Waals surface area (Å²) in [6, 6.07) is 0.492. The smallest absolute Gasteiger partial charge is 0.225 e. The van der Waals surface area contributed by atoms with Gasteiger partial charge in [0.15, 0.2) is 0 Å². The van der Waals surface area contributed by atoms with Crippen molar-refractivity contribution in [3.63, 3.8) is 0 Å². The van der Waals surface area contributed by atoms with Crippen molar-refractivity contribution in [3.8, 4) is 0 Å². The zero-order valence-electron chi connectivity index (χ0n) is 13.9. The highest BCUT2D eigenvalue weighted by atomic mass is 79.9. The van der Waals surface area contributed by atoms with Gasteiger partial charge in [-0.2, -0.15) is 0 Å². The van der Waals surface area contributed by atoms with Crippen molar-refractivity contribution in [1.29, 1.82) is 0 Å². The van der Waals surface area contributed by atoms with Gasteiger partial charge in [0.25, 0.3) is 0 Å². The van der Waals surface area contributed by atoms with Crippen LogP contribution in [0.1, 0.15) is 30.9 Å². The summed E-state index contributed by atoms with van der Waals surface area (Å²) >= 11 is 3.38. The van der Waals surface area contributed by atoms with Gasteiger partial charge >= 0.3 is 0 Å². The summed E-state index contributed by atoms with van der Waals surface area (Å²) in [4.78, 5) is 13.5. The molecule has 0 bridgehead atoms. The summed E-state index contributed by atoms with van der Waals surface area (Å²) in [7, 11) is 2.09. The maximum absolute atomic E-state index is 4.41. The van der Waals surface area contributed by atoms with Crippen molar-refractivity contribution in [3.05, 3.63) is 28.5 Å². The van der Waals surface area contributed by atoms with Gasteiger partial charge in [-0.1, -0.05) is 0 Å². The van der Waals surface area contributed by atoms with Gasteiger partial charge in [-0.25, -0.2) is 9.97 Å². The molecule has 1 fully saturated rings. The van der Waals surface area contributed by atoms with Crippen LogP contribution < -0.4 is 4.90 Å². The fourth-order valence-electron chi connectivity index (χ4n) is 3.64. The highest BCUT2D eigenvalue weighted by molar-refractivity contribution is 9.10. The van der Waals surface area contributed by atoms with Gasteiger partial charge in [-0.3, -0.25) is 4.90 Å². The summed E-state index contributed by atoms with van der Waals surface area (Å²) in [5.74, 6) is 3.09. The van der Waals surface area contributed by atoms with Gasteiger partial charge in [0.1, 0.15) is 11.6 Å². The van der Waals surface area contributed by atoms with E-state index >= 15 is 0 Å². The van der Waals surface area contributed by atoms with Crippen LogP contribution in [0.15, 0.2) is 16.9 Å². The largest absolute Gasteiger partial charge is 0.341 e. The highest BCUT2D eigenvalue weighted by Gasteiger charge is 2.26. The predicted molar refractivity (Wildman–Crippen MR) is 94.8 cm³/mol. The summed E-state index contributed by atoms with van der Waals surface area (Å²) in [5, 5.41) is 8.69. The molecule has 2 aromatic rings. The molecule has 0 aromatic carbocycles. The Bertz CT molecular complexity index is 691. The Balaban J connectivity index is 1.34. The Morgan fingerprint density at radius 2 is 1.92 bits per heavy atom. The lowest BCUT2D eigenvalue weighted by Crippen LogP contribution is -2.44. The lowest BCUT2D eigenvalue weighted by atomic mass is 10.0. The molecule has 2 aliphatic rings. The molecule has 24 heavy (non-hydrogen) atoms. The number of aryl methyl sites for hydroxylation is 1. The van der Waals surface area contributed by atoms with E-state index in [0.29, 0.717) is 6.04 Å². The van der Waals surface area contributed by atoms with E-state index in [1.807, 2.05) is 0 Å². The van der Waals surface area contributed by atoms with Crippen molar-refractivity contribution in [1.82, 2.24) is 29.6 Å². The Morgan fingerprint density at radius 3 is 2.67 bits per heavy atom. The molecule has 8 heteroatoms. The first-order chi connectivity index (χ1) is 11.7. The molecule has 4 heterocycles. The van der Waals surface area contributed by atoms with Gasteiger partial charge < -0.3 is 9.47 Å². The molecule has 0 spiro atoms. The van der Waals surface area contributed by atoms with Gasteiger partial charge in [0, 0.05) is 51.5 Å². The second-order valence-corrected chi connectivity index (χ2v) is 7.52. The number of hydrogen-bond acceptors (Lipinski definition) is 6. The molecule has 2 aromatic heterocycles. The number of likely N-dealkylation sites (tertiary alicyclic amines) is 1. The monoisotopic (exact) mass is 391 g/mol. The van der Waals surface area contributed by atoms with Crippen LogP contribution in [0.2, 0.25) is 0 Å². The molecular weight excluding hydrogens is 370 g/mol. The Hall–Kier alpha value is -1.54. The maximum atomic E-state index is 4.41. The topological polar surface area (TPSA) is 63.0 Å². The van der Waals surface area contributed by atoms with E-state index in [1.54, 1.807) is 12.4 Å². The minimum Gasteiger partial charge on any atom is -0.341 e. The van der Waals surface area contributed by atoms with E-state index in [2.05, 4.69) is 57.5 Å². The van der Waals surface area contributed by atoms with Gasteiger partial charge in [-0.05, 0) is 35.2 Å². The first kappa shape index (κ1) is 16.0. The van der Waals surface area contributed by atoms with Crippen molar-refractivity contribution in [2.75, 3.05) is 25.0 Å². The number of nitrogens with zero attached hydrogens (tertiary/aromatic N) is 7. The number of anilines is 1. The average Bonchev–Trinajstić information content (AvgIpc) is 3.21. The number of halogens is 1. The fraction of sp³-hybridized carbons (Fsp3) is 0.625. The summed E-state index contributed by atoms with van der Waals surface area (Å²) in [6.45, 7) is 4.15. The van der Waals surface area contributed by atoms with Crippen LogP contribution in [0.3, 0.4) is 0 Å². The van der Waals surface area contributed by atoms with Crippen molar-refractivity contribution in [2.24, 2.45) is 0 Å². The molecule has 0 radical (unpaired) electrons. The first-order valence-electron chi connectivity index (χ1n) is 8.54. The Morgan fingerprint density at radius 1 is 1.17 bits per heavy atom. The third kappa shape index (κ3) is 3.17. The van der Waals surface area contributed by atoms with Crippen LogP contribution in [0.5, 0.6) is 0 Å². The predicted octanol–water partition coefficient (Wildman–Crippen LogP) is 1.88. The third-order valence-corrected chi connectivity index (χ3v) is 5.49. The number of aromatic nitrogens is 5. The van der Waals surface area contributed by atoms with Gasteiger partial charge in [0.2, 0.25) is 5.95 Å². The average molecular weight is 392 g/mol. The maximum Gasteiger partial charge on any atom is 0.225 e. The molecular formula is C16H22BrN7. The summed E-state index contributed by atoms with van der Waals surface area (Å²) in [5.41, 5.74) is 0. The van der Waals surface area contributed by atoms with Crippen molar-refractivity contribution < 1.29 is 0 Å². The molecule has 128 valence electrons. The highest BCUT2D eigenvalue weighted by Crippen LogP contribution is 2.22. The zero-order valence-corrected chi connectivity index (χ0v) is 15.5. The van der Waals surface area contributed by atoms with Crippen LogP contribution >= 0.6 is 15.9 Å². The van der Waals surface area contributed by atoms with E-state index in [-0.39, 0.29) is 0 Å². The molecule has 4 rings (SSSR count). The standard InChI is InChI=1S/C16H22BrN7/c1-22(16-18-9-12(17)10-19-16)13-4-7-23(8-5-13)11-15-21-20-14-3-2-6-24(14)15/h9-10,13H,2-8,11H2,1H3. The van der Waals surface area contributed by atoms with E-state index in [4.69, 9.17) is 0 Å². The molecule has 0 aliphatic carbocycles. The number of fused-ring (bicyclic) bond motifs is 1. The van der Waals surface area contributed by atoms with Crippen LogP contribution in [0, 0.1) is 0 Å². The second kappa shape index (κ2) is 6.76. The minimum atomic E-state index is 0.492. The minimum absolute atomic E-state index is 0.492. The quantitative estimate of drug-likeness (QED) is 0.792. The van der Waals surface area contributed by atoms with E-state index < -0.39 is 0 Å². The van der Waals surface area contributed by atoms with Crippen LogP contribution in [0.25, 0.3) is 0 Å². The number of hydrogen-bond donors (Lipinski definition) is 0. The Labute approximate surface area is 150 Å². The number of rotatable bonds is 4. The molecule has 0 N–H and O–H groups in total. The van der Waals surface area contributed by atoms with E-state index in [9.17, 15) is 0 Å². The summed E-state index contributed by atoms with van der Waals surface area (Å²) < 4.78 is 3.21. The van der Waals surface area contributed by atoms with Gasteiger partial charge in [0.05, 0.1) is 11.0 Å². The molecule has 2 aliphatic heterocycles. The first-order valence-corrected chi connectivity index (χ1v) is 9.33. The molecule has 0 unspecified atom stereocenters. The second-order valence-electron chi connectivity index (χ2n) is 6.61. The van der Waals surface area contributed by atoms with Crippen LogP contribution in [0.4, 0.5) is 5.95 Å².